The van der Waals surface area contributed by atoms with Gasteiger partial charge in [-0.05, 0) is 54.6 Å². The number of thiophene rings is 2. The highest BCUT2D eigenvalue weighted by molar-refractivity contribution is 7.22. The molecule has 4 heterocycles. The van der Waals surface area contributed by atoms with E-state index in [1.807, 2.05) is 30.3 Å². The molecule has 1 saturated heterocycles. The highest BCUT2D eigenvalue weighted by Crippen LogP contribution is 2.35. The predicted octanol–water partition coefficient (Wildman–Crippen LogP) is 5.70. The first-order valence-corrected chi connectivity index (χ1v) is 11.3. The first-order chi connectivity index (χ1) is 13.7. The van der Waals surface area contributed by atoms with Gasteiger partial charge in [-0.25, -0.2) is 4.98 Å². The summed E-state index contributed by atoms with van der Waals surface area (Å²) in [6.07, 6.45) is 2.33. The molecule has 0 radical (unpaired) electrons. The van der Waals surface area contributed by atoms with Gasteiger partial charge in [-0.3, -0.25) is 9.69 Å². The van der Waals surface area contributed by atoms with Gasteiger partial charge in [-0.1, -0.05) is 29.8 Å². The summed E-state index contributed by atoms with van der Waals surface area (Å²) in [5, 5.41) is 2.83. The molecule has 1 N–H and O–H groups in total. The van der Waals surface area contributed by atoms with Crippen LogP contribution in [0.25, 0.3) is 20.7 Å². The first-order valence-electron chi connectivity index (χ1n) is 9.23. The van der Waals surface area contributed by atoms with Crippen LogP contribution < -0.4 is 5.56 Å². The van der Waals surface area contributed by atoms with Crippen LogP contribution in [0.4, 0.5) is 0 Å². The molecule has 3 aromatic heterocycles. The summed E-state index contributed by atoms with van der Waals surface area (Å²) in [6.45, 7) is 1.70. The minimum absolute atomic E-state index is 0.0583. The second-order valence-corrected chi connectivity index (χ2v) is 9.46. The van der Waals surface area contributed by atoms with Crippen LogP contribution in [0.1, 0.15) is 29.6 Å². The summed E-state index contributed by atoms with van der Waals surface area (Å²) < 4.78 is 0.671. The molecular formula is C21H18ClN3OS2. The van der Waals surface area contributed by atoms with Gasteiger partial charge in [0, 0.05) is 20.8 Å². The van der Waals surface area contributed by atoms with Crippen molar-refractivity contribution in [2.75, 3.05) is 6.54 Å². The van der Waals surface area contributed by atoms with Crippen molar-refractivity contribution in [2.24, 2.45) is 0 Å². The van der Waals surface area contributed by atoms with Crippen molar-refractivity contribution in [3.8, 4) is 10.4 Å². The smallest absolute Gasteiger partial charge is 0.268 e. The Morgan fingerprint density at radius 1 is 1.25 bits per heavy atom. The summed E-state index contributed by atoms with van der Waals surface area (Å²) in [5.74, 6) is 0.737. The Balaban J connectivity index is 1.46. The third kappa shape index (κ3) is 3.42. The third-order valence-electron chi connectivity index (χ3n) is 5.15. The highest BCUT2D eigenvalue weighted by Gasteiger charge is 2.27. The number of nitrogens with zero attached hydrogens (tertiary/aromatic N) is 2. The van der Waals surface area contributed by atoms with Gasteiger partial charge in [0.05, 0.1) is 12.1 Å². The minimum atomic E-state index is -0.0583. The van der Waals surface area contributed by atoms with E-state index in [1.165, 1.54) is 22.6 Å². The van der Waals surface area contributed by atoms with Crippen molar-refractivity contribution in [3.63, 3.8) is 0 Å². The van der Waals surface area contributed by atoms with E-state index in [1.54, 1.807) is 11.3 Å². The van der Waals surface area contributed by atoms with Crippen LogP contribution in [0.2, 0.25) is 5.02 Å². The van der Waals surface area contributed by atoms with Gasteiger partial charge in [0.25, 0.3) is 5.56 Å². The lowest BCUT2D eigenvalue weighted by molar-refractivity contribution is 0.245. The zero-order chi connectivity index (χ0) is 19.1. The quantitative estimate of drug-likeness (QED) is 0.454. The Labute approximate surface area is 175 Å². The second-order valence-electron chi connectivity index (χ2n) is 6.99. The lowest BCUT2D eigenvalue weighted by atomic mass is 10.2. The molecule has 0 bridgehead atoms. The maximum Gasteiger partial charge on any atom is 0.268 e. The number of halogens is 1. The second kappa shape index (κ2) is 7.44. The van der Waals surface area contributed by atoms with Crippen LogP contribution in [0, 0.1) is 0 Å². The molecule has 28 heavy (non-hydrogen) atoms. The molecule has 0 spiro atoms. The lowest BCUT2D eigenvalue weighted by Crippen LogP contribution is -2.25. The van der Waals surface area contributed by atoms with Gasteiger partial charge in [-0.15, -0.1) is 22.7 Å². The van der Waals surface area contributed by atoms with Crippen LogP contribution >= 0.6 is 34.3 Å². The van der Waals surface area contributed by atoms with Crippen molar-refractivity contribution in [2.45, 2.75) is 25.4 Å². The summed E-state index contributed by atoms with van der Waals surface area (Å²) in [6, 6.07) is 14.4. The fraction of sp³-hybridized carbons (Fsp3) is 0.238. The van der Waals surface area contributed by atoms with Gasteiger partial charge in [0.1, 0.15) is 10.5 Å². The number of likely N-dealkylation sites (tertiary alicyclic amines) is 1. The average Bonchev–Trinajstić information content (AvgIpc) is 3.42. The Bertz CT molecular complexity index is 1160. The number of benzene rings is 1. The largest absolute Gasteiger partial charge is 0.308 e. The van der Waals surface area contributed by atoms with Crippen molar-refractivity contribution in [1.82, 2.24) is 14.9 Å². The molecule has 5 rings (SSSR count). The topological polar surface area (TPSA) is 49.0 Å². The minimum Gasteiger partial charge on any atom is -0.308 e. The van der Waals surface area contributed by atoms with E-state index in [2.05, 4.69) is 27.4 Å². The van der Waals surface area contributed by atoms with Gasteiger partial charge < -0.3 is 4.98 Å². The van der Waals surface area contributed by atoms with E-state index in [-0.39, 0.29) is 5.56 Å². The molecule has 4 aromatic rings. The number of hydrogen-bond acceptors (Lipinski definition) is 5. The average molecular weight is 428 g/mol. The monoisotopic (exact) mass is 427 g/mol. The van der Waals surface area contributed by atoms with Crippen molar-refractivity contribution >= 4 is 44.5 Å². The molecular weight excluding hydrogens is 410 g/mol. The molecule has 0 amide bonds. The molecule has 1 unspecified atom stereocenters. The number of hydrogen-bond donors (Lipinski definition) is 1. The molecule has 0 saturated carbocycles. The molecule has 1 aliphatic heterocycles. The van der Waals surface area contributed by atoms with Crippen LogP contribution in [-0.4, -0.2) is 21.4 Å². The van der Waals surface area contributed by atoms with E-state index in [4.69, 9.17) is 16.6 Å². The standard InChI is InChI=1S/C21H18ClN3OS2/c22-14-7-5-13(6-8-14)18-11-15-20(28-18)21(26)24-19(23-15)12-25-9-1-3-16(25)17-4-2-10-27-17/h2,4-8,10-11,16H,1,3,9,12H2,(H,23,24,26). The lowest BCUT2D eigenvalue weighted by Gasteiger charge is -2.22. The number of aromatic nitrogens is 2. The van der Waals surface area contributed by atoms with E-state index in [0.717, 1.165) is 34.7 Å². The first kappa shape index (κ1) is 18.1. The van der Waals surface area contributed by atoms with Crippen molar-refractivity contribution in [3.05, 3.63) is 73.9 Å². The van der Waals surface area contributed by atoms with Gasteiger partial charge in [0.15, 0.2) is 0 Å². The van der Waals surface area contributed by atoms with Gasteiger partial charge >= 0.3 is 0 Å². The molecule has 1 fully saturated rings. The molecule has 7 heteroatoms. The van der Waals surface area contributed by atoms with Crippen molar-refractivity contribution in [1.29, 1.82) is 0 Å². The summed E-state index contributed by atoms with van der Waals surface area (Å²) >= 11 is 9.26. The number of H-pyrrole nitrogens is 1. The fourth-order valence-corrected chi connectivity index (χ4v) is 5.85. The van der Waals surface area contributed by atoms with Crippen LogP contribution in [0.5, 0.6) is 0 Å². The third-order valence-corrected chi connectivity index (χ3v) is 7.55. The number of nitrogens with one attached hydrogen (secondary N) is 1. The SMILES string of the molecule is O=c1[nH]c(CN2CCCC2c2cccs2)nc2cc(-c3ccc(Cl)cc3)sc12. The maximum atomic E-state index is 12.7. The summed E-state index contributed by atoms with van der Waals surface area (Å²) in [4.78, 5) is 25.3. The van der Waals surface area contributed by atoms with E-state index >= 15 is 0 Å². The van der Waals surface area contributed by atoms with E-state index in [0.29, 0.717) is 22.3 Å². The van der Waals surface area contributed by atoms with Crippen LogP contribution in [0.15, 0.2) is 52.6 Å². The fourth-order valence-electron chi connectivity index (χ4n) is 3.83. The molecule has 0 aliphatic carbocycles. The molecule has 142 valence electrons. The maximum absolute atomic E-state index is 12.7. The number of aromatic amines is 1. The summed E-state index contributed by atoms with van der Waals surface area (Å²) in [5.41, 5.74) is 1.75. The number of fused-ring (bicyclic) bond motifs is 1. The van der Waals surface area contributed by atoms with Gasteiger partial charge in [0.2, 0.25) is 0 Å². The van der Waals surface area contributed by atoms with Crippen LogP contribution in [-0.2, 0) is 6.54 Å². The Kier molecular flexibility index (Phi) is 4.80. The van der Waals surface area contributed by atoms with Crippen molar-refractivity contribution < 1.29 is 0 Å². The Morgan fingerprint density at radius 2 is 2.11 bits per heavy atom. The van der Waals surface area contributed by atoms with E-state index < -0.39 is 0 Å². The molecule has 1 atom stereocenters. The van der Waals surface area contributed by atoms with Crippen LogP contribution in [0.3, 0.4) is 0 Å². The zero-order valence-corrected chi connectivity index (χ0v) is 17.4. The van der Waals surface area contributed by atoms with E-state index in [9.17, 15) is 4.79 Å². The number of rotatable bonds is 4. The Hall–Kier alpha value is -1.99. The van der Waals surface area contributed by atoms with Gasteiger partial charge in [-0.2, -0.15) is 0 Å². The molecule has 4 nitrogen and oxygen atoms in total. The summed E-state index contributed by atoms with van der Waals surface area (Å²) in [7, 11) is 0. The normalized spacial score (nSPS) is 17.5. The molecule has 1 aliphatic rings. The zero-order valence-electron chi connectivity index (χ0n) is 15.0. The predicted molar refractivity (Wildman–Crippen MR) is 117 cm³/mol. The molecule has 1 aromatic carbocycles. The highest BCUT2D eigenvalue weighted by atomic mass is 35.5. The Morgan fingerprint density at radius 3 is 2.89 bits per heavy atom.